The zero-order valence-corrected chi connectivity index (χ0v) is 10.9. The maximum absolute atomic E-state index is 13.6. The Bertz CT molecular complexity index is 716. The molecule has 5 nitrogen and oxygen atoms in total. The molecule has 108 valence electrons. The predicted octanol–water partition coefficient (Wildman–Crippen LogP) is 2.09. The van der Waals surface area contributed by atoms with Gasteiger partial charge in [0.1, 0.15) is 5.69 Å². The number of nitrogens with two attached hydrogens (primary N) is 1. The third-order valence-electron chi connectivity index (χ3n) is 3.24. The Morgan fingerprint density at radius 1 is 1.29 bits per heavy atom. The highest BCUT2D eigenvalue weighted by Crippen LogP contribution is 2.34. The number of benzene rings is 1. The summed E-state index contributed by atoms with van der Waals surface area (Å²) < 4.78 is 27.0. The fraction of sp³-hybridized carbons (Fsp3) is 0.214. The zero-order valence-electron chi connectivity index (χ0n) is 10.9. The first-order chi connectivity index (χ1) is 10.1. The van der Waals surface area contributed by atoms with Gasteiger partial charge in [-0.05, 0) is 25.0 Å². The van der Waals surface area contributed by atoms with Crippen molar-refractivity contribution in [1.29, 1.82) is 0 Å². The smallest absolute Gasteiger partial charge is 0.251 e. The SMILES string of the molecule is NC(=O)c1ccnnc1-c1cc(F)c(F)cc1NC1CC1. The third-order valence-corrected chi connectivity index (χ3v) is 3.24. The lowest BCUT2D eigenvalue weighted by atomic mass is 10.0. The molecule has 0 atom stereocenters. The van der Waals surface area contributed by atoms with E-state index >= 15 is 0 Å². The maximum Gasteiger partial charge on any atom is 0.251 e. The molecule has 0 aliphatic heterocycles. The Kier molecular flexibility index (Phi) is 3.25. The zero-order chi connectivity index (χ0) is 15.0. The fourth-order valence-corrected chi connectivity index (χ4v) is 2.04. The molecule has 0 spiro atoms. The first-order valence-electron chi connectivity index (χ1n) is 6.43. The minimum absolute atomic E-state index is 0.106. The fourth-order valence-electron chi connectivity index (χ4n) is 2.04. The van der Waals surface area contributed by atoms with E-state index in [1.807, 2.05) is 0 Å². The molecule has 1 fully saturated rings. The molecule has 7 heteroatoms. The molecule has 0 radical (unpaired) electrons. The van der Waals surface area contributed by atoms with E-state index in [4.69, 9.17) is 5.73 Å². The second-order valence-electron chi connectivity index (χ2n) is 4.89. The topological polar surface area (TPSA) is 80.9 Å². The van der Waals surface area contributed by atoms with Crippen molar-refractivity contribution in [2.75, 3.05) is 5.32 Å². The van der Waals surface area contributed by atoms with Crippen molar-refractivity contribution < 1.29 is 13.6 Å². The number of hydrogen-bond acceptors (Lipinski definition) is 4. The molecule has 3 rings (SSSR count). The Labute approximate surface area is 119 Å². The number of carbonyl (C=O) groups excluding carboxylic acids is 1. The molecule has 1 aliphatic rings. The molecule has 1 heterocycles. The number of carbonyl (C=O) groups is 1. The summed E-state index contributed by atoms with van der Waals surface area (Å²) in [4.78, 5) is 11.5. The van der Waals surface area contributed by atoms with E-state index in [9.17, 15) is 13.6 Å². The summed E-state index contributed by atoms with van der Waals surface area (Å²) in [5, 5.41) is 10.6. The summed E-state index contributed by atoms with van der Waals surface area (Å²) in [5.41, 5.74) is 6.17. The average Bonchev–Trinajstić information content (AvgIpc) is 3.26. The van der Waals surface area contributed by atoms with E-state index in [1.165, 1.54) is 12.3 Å². The van der Waals surface area contributed by atoms with Crippen LogP contribution in [0.2, 0.25) is 0 Å². The highest BCUT2D eigenvalue weighted by atomic mass is 19.2. The molecular weight excluding hydrogens is 278 g/mol. The molecule has 1 amide bonds. The summed E-state index contributed by atoms with van der Waals surface area (Å²) in [6.07, 6.45) is 3.24. The standard InChI is InChI=1S/C14H12F2N4O/c15-10-5-9(12(6-11(10)16)19-7-1-2-7)13-8(14(17)21)3-4-18-20-13/h3-7,19H,1-2H2,(H2,17,21). The van der Waals surface area contributed by atoms with Crippen LogP contribution in [-0.4, -0.2) is 22.1 Å². The first-order valence-corrected chi connectivity index (χ1v) is 6.43. The predicted molar refractivity (Wildman–Crippen MR) is 72.5 cm³/mol. The van der Waals surface area contributed by atoms with Gasteiger partial charge in [-0.3, -0.25) is 4.79 Å². The summed E-state index contributed by atoms with van der Waals surface area (Å²) >= 11 is 0. The molecule has 1 saturated carbocycles. The second-order valence-corrected chi connectivity index (χ2v) is 4.89. The van der Waals surface area contributed by atoms with Gasteiger partial charge < -0.3 is 11.1 Å². The van der Waals surface area contributed by atoms with Gasteiger partial charge in [0.15, 0.2) is 11.6 Å². The first kappa shape index (κ1) is 13.4. The van der Waals surface area contributed by atoms with Gasteiger partial charge in [0, 0.05) is 23.4 Å². The van der Waals surface area contributed by atoms with Crippen LogP contribution >= 0.6 is 0 Å². The number of anilines is 1. The van der Waals surface area contributed by atoms with Crippen LogP contribution in [-0.2, 0) is 0 Å². The van der Waals surface area contributed by atoms with Gasteiger partial charge in [-0.15, -0.1) is 5.10 Å². The molecule has 1 aliphatic carbocycles. The van der Waals surface area contributed by atoms with Crippen LogP contribution in [0.5, 0.6) is 0 Å². The lowest BCUT2D eigenvalue weighted by molar-refractivity contribution is 0.100. The molecule has 2 aromatic rings. The van der Waals surface area contributed by atoms with Gasteiger partial charge in [0.25, 0.3) is 5.91 Å². The minimum atomic E-state index is -1.02. The molecule has 1 aromatic carbocycles. The summed E-state index contributed by atoms with van der Waals surface area (Å²) in [6, 6.07) is 3.67. The molecule has 0 bridgehead atoms. The van der Waals surface area contributed by atoms with Crippen LogP contribution in [0.1, 0.15) is 23.2 Å². The Balaban J connectivity index is 2.16. The van der Waals surface area contributed by atoms with Crippen molar-refractivity contribution in [2.24, 2.45) is 5.73 Å². The van der Waals surface area contributed by atoms with Crippen molar-refractivity contribution in [3.8, 4) is 11.3 Å². The van der Waals surface area contributed by atoms with Gasteiger partial charge in [-0.1, -0.05) is 0 Å². The number of rotatable bonds is 4. The summed E-state index contributed by atoms with van der Waals surface area (Å²) in [5.74, 6) is -2.69. The number of halogens is 2. The van der Waals surface area contributed by atoms with Gasteiger partial charge in [0.05, 0.1) is 11.8 Å². The molecule has 0 unspecified atom stereocenters. The van der Waals surface area contributed by atoms with Crippen LogP contribution in [0.15, 0.2) is 24.4 Å². The monoisotopic (exact) mass is 290 g/mol. The van der Waals surface area contributed by atoms with Crippen LogP contribution in [0.3, 0.4) is 0 Å². The number of hydrogen-bond donors (Lipinski definition) is 2. The van der Waals surface area contributed by atoms with Crippen molar-refractivity contribution >= 4 is 11.6 Å². The van der Waals surface area contributed by atoms with E-state index < -0.39 is 17.5 Å². The highest BCUT2D eigenvalue weighted by Gasteiger charge is 2.25. The van der Waals surface area contributed by atoms with Gasteiger partial charge >= 0.3 is 0 Å². The van der Waals surface area contributed by atoms with Crippen molar-refractivity contribution in [2.45, 2.75) is 18.9 Å². The Morgan fingerprint density at radius 2 is 2.00 bits per heavy atom. The van der Waals surface area contributed by atoms with Crippen LogP contribution in [0.4, 0.5) is 14.5 Å². The second kappa shape index (κ2) is 5.08. The largest absolute Gasteiger partial charge is 0.382 e. The van der Waals surface area contributed by atoms with E-state index in [0.717, 1.165) is 25.0 Å². The molecule has 3 N–H and O–H groups in total. The number of nitrogens with zero attached hydrogens (tertiary/aromatic N) is 2. The number of amides is 1. The van der Waals surface area contributed by atoms with Gasteiger partial charge in [-0.2, -0.15) is 5.10 Å². The van der Waals surface area contributed by atoms with Crippen molar-refractivity contribution in [3.05, 3.63) is 41.6 Å². The number of nitrogens with one attached hydrogen (secondary N) is 1. The van der Waals surface area contributed by atoms with Gasteiger partial charge in [0.2, 0.25) is 0 Å². The summed E-state index contributed by atoms with van der Waals surface area (Å²) in [6.45, 7) is 0. The molecule has 21 heavy (non-hydrogen) atoms. The van der Waals surface area contributed by atoms with E-state index in [-0.39, 0.29) is 22.9 Å². The summed E-state index contributed by atoms with van der Waals surface area (Å²) in [7, 11) is 0. The number of primary amides is 1. The van der Waals surface area contributed by atoms with Crippen molar-refractivity contribution in [3.63, 3.8) is 0 Å². The lowest BCUT2D eigenvalue weighted by Gasteiger charge is -2.13. The molecule has 0 saturated heterocycles. The van der Waals surface area contributed by atoms with Gasteiger partial charge in [-0.25, -0.2) is 8.78 Å². The van der Waals surface area contributed by atoms with E-state index in [2.05, 4.69) is 15.5 Å². The maximum atomic E-state index is 13.6. The quantitative estimate of drug-likeness (QED) is 0.903. The number of aromatic nitrogens is 2. The van der Waals surface area contributed by atoms with Crippen LogP contribution in [0.25, 0.3) is 11.3 Å². The average molecular weight is 290 g/mol. The Morgan fingerprint density at radius 3 is 2.67 bits per heavy atom. The minimum Gasteiger partial charge on any atom is -0.382 e. The lowest BCUT2D eigenvalue weighted by Crippen LogP contribution is -2.14. The van der Waals surface area contributed by atoms with Crippen LogP contribution in [0, 0.1) is 11.6 Å². The molecular formula is C14H12F2N4O. The normalized spacial score (nSPS) is 14.0. The van der Waals surface area contributed by atoms with Crippen LogP contribution < -0.4 is 11.1 Å². The molecule has 1 aromatic heterocycles. The van der Waals surface area contributed by atoms with Crippen molar-refractivity contribution in [1.82, 2.24) is 10.2 Å². The highest BCUT2D eigenvalue weighted by molar-refractivity contribution is 6.00. The Hall–Kier alpha value is -2.57. The third kappa shape index (κ3) is 2.67. The van der Waals surface area contributed by atoms with E-state index in [1.54, 1.807) is 0 Å². The van der Waals surface area contributed by atoms with E-state index in [0.29, 0.717) is 5.69 Å².